The van der Waals surface area contributed by atoms with E-state index in [0.717, 1.165) is 5.56 Å². The van der Waals surface area contributed by atoms with Gasteiger partial charge in [0.2, 0.25) is 0 Å². The smallest absolute Gasteiger partial charge is 0.346 e. The molecule has 2 atom stereocenters. The minimum Gasteiger partial charge on any atom is -0.477 e. The molecule has 2 aliphatic heterocycles. The Labute approximate surface area is 117 Å². The molecule has 2 saturated heterocycles. The first kappa shape index (κ1) is 13.1. The zero-order valence-corrected chi connectivity index (χ0v) is 11.8. The van der Waals surface area contributed by atoms with Crippen LogP contribution in [0.4, 0.5) is 0 Å². The van der Waals surface area contributed by atoms with Gasteiger partial charge >= 0.3 is 5.97 Å². The minimum atomic E-state index is -0.808. The molecular formula is C14H20N2O2S. The van der Waals surface area contributed by atoms with Gasteiger partial charge in [0.15, 0.2) is 0 Å². The molecule has 0 aliphatic carbocycles. The number of nitrogens with one attached hydrogen (secondary N) is 1. The molecule has 0 bridgehead atoms. The lowest BCUT2D eigenvalue weighted by Gasteiger charge is -2.32. The monoisotopic (exact) mass is 280 g/mol. The number of piperidine rings is 1. The molecule has 0 amide bonds. The number of rotatable bonds is 4. The van der Waals surface area contributed by atoms with Crippen molar-refractivity contribution in [2.75, 3.05) is 13.1 Å². The van der Waals surface area contributed by atoms with E-state index in [2.05, 4.69) is 10.2 Å². The second-order valence-corrected chi connectivity index (χ2v) is 6.37. The van der Waals surface area contributed by atoms with Gasteiger partial charge in [-0.3, -0.25) is 4.90 Å². The lowest BCUT2D eigenvalue weighted by atomic mass is 9.99. The van der Waals surface area contributed by atoms with E-state index in [-0.39, 0.29) is 0 Å². The highest BCUT2D eigenvalue weighted by atomic mass is 32.1. The fraction of sp³-hybridized carbons (Fsp3) is 0.643. The molecule has 3 heterocycles. The molecule has 0 spiro atoms. The topological polar surface area (TPSA) is 52.6 Å². The fourth-order valence-corrected chi connectivity index (χ4v) is 4.15. The van der Waals surface area contributed by atoms with Crippen LogP contribution in [0.5, 0.6) is 0 Å². The van der Waals surface area contributed by atoms with Gasteiger partial charge in [-0.25, -0.2) is 4.79 Å². The largest absolute Gasteiger partial charge is 0.477 e. The van der Waals surface area contributed by atoms with Gasteiger partial charge in [0, 0.05) is 25.2 Å². The Morgan fingerprint density at radius 3 is 3.16 bits per heavy atom. The molecule has 2 aliphatic rings. The summed E-state index contributed by atoms with van der Waals surface area (Å²) < 4.78 is 0. The highest BCUT2D eigenvalue weighted by Gasteiger charge is 2.35. The number of hydrogen-bond donors (Lipinski definition) is 2. The fourth-order valence-electron chi connectivity index (χ4n) is 3.39. The van der Waals surface area contributed by atoms with Gasteiger partial charge < -0.3 is 10.4 Å². The number of fused-ring (bicyclic) bond motifs is 1. The molecule has 0 saturated carbocycles. The highest BCUT2D eigenvalue weighted by molar-refractivity contribution is 7.12. The van der Waals surface area contributed by atoms with E-state index in [1.165, 1.54) is 50.1 Å². The van der Waals surface area contributed by atoms with Gasteiger partial charge in [-0.1, -0.05) is 6.42 Å². The molecule has 3 rings (SSSR count). The molecule has 2 N–H and O–H groups in total. The summed E-state index contributed by atoms with van der Waals surface area (Å²) in [5.41, 5.74) is 0.923. The molecule has 4 nitrogen and oxygen atoms in total. The van der Waals surface area contributed by atoms with Crippen molar-refractivity contribution in [3.8, 4) is 0 Å². The van der Waals surface area contributed by atoms with Crippen molar-refractivity contribution >= 4 is 17.3 Å². The van der Waals surface area contributed by atoms with E-state index in [4.69, 9.17) is 5.11 Å². The first-order valence-corrected chi connectivity index (χ1v) is 7.91. The van der Waals surface area contributed by atoms with E-state index in [1.54, 1.807) is 0 Å². The van der Waals surface area contributed by atoms with E-state index >= 15 is 0 Å². The molecule has 2 fully saturated rings. The third kappa shape index (κ3) is 2.68. The number of carboxylic acid groups (broad SMARTS) is 1. The number of hydrogen-bond acceptors (Lipinski definition) is 4. The van der Waals surface area contributed by atoms with Crippen LogP contribution in [0.1, 0.15) is 40.9 Å². The van der Waals surface area contributed by atoms with Crippen LogP contribution in [0.15, 0.2) is 11.4 Å². The van der Waals surface area contributed by atoms with Crippen LogP contribution in [-0.2, 0) is 6.54 Å². The number of nitrogens with zero attached hydrogens (tertiary/aromatic N) is 1. The number of carbonyl (C=O) groups is 1. The molecule has 0 radical (unpaired) electrons. The Balaban J connectivity index is 1.60. The third-order valence-corrected chi connectivity index (χ3v) is 5.30. The van der Waals surface area contributed by atoms with Crippen molar-refractivity contribution in [3.63, 3.8) is 0 Å². The lowest BCUT2D eigenvalue weighted by Crippen LogP contribution is -2.44. The Bertz CT molecular complexity index is 460. The Morgan fingerprint density at radius 2 is 2.32 bits per heavy atom. The number of aromatic carboxylic acids is 1. The molecule has 1 aromatic rings. The van der Waals surface area contributed by atoms with Gasteiger partial charge in [0.1, 0.15) is 4.88 Å². The van der Waals surface area contributed by atoms with Crippen LogP contribution in [0.25, 0.3) is 0 Å². The first-order valence-electron chi connectivity index (χ1n) is 7.03. The predicted octanol–water partition coefficient (Wildman–Crippen LogP) is 2.16. The van der Waals surface area contributed by atoms with Gasteiger partial charge in [-0.15, -0.1) is 11.3 Å². The lowest BCUT2D eigenvalue weighted by molar-refractivity contribution is 0.0701. The van der Waals surface area contributed by atoms with Crippen LogP contribution < -0.4 is 5.32 Å². The molecular weight excluding hydrogens is 260 g/mol. The molecule has 5 heteroatoms. The van der Waals surface area contributed by atoms with E-state index in [9.17, 15) is 4.79 Å². The third-order valence-electron chi connectivity index (χ3n) is 4.35. The summed E-state index contributed by atoms with van der Waals surface area (Å²) >= 11 is 1.31. The molecule has 104 valence electrons. The Morgan fingerprint density at radius 1 is 1.42 bits per heavy atom. The first-order chi connectivity index (χ1) is 9.25. The zero-order valence-electron chi connectivity index (χ0n) is 11.0. The van der Waals surface area contributed by atoms with Crippen LogP contribution >= 0.6 is 11.3 Å². The zero-order chi connectivity index (χ0) is 13.2. The van der Waals surface area contributed by atoms with Crippen molar-refractivity contribution in [1.82, 2.24) is 10.2 Å². The molecule has 1 aromatic heterocycles. The van der Waals surface area contributed by atoms with Gasteiger partial charge in [-0.2, -0.15) is 0 Å². The maximum Gasteiger partial charge on any atom is 0.346 e. The van der Waals surface area contributed by atoms with Crippen molar-refractivity contribution in [3.05, 3.63) is 21.9 Å². The minimum absolute atomic E-state index is 0.478. The summed E-state index contributed by atoms with van der Waals surface area (Å²) in [5.74, 6) is -0.808. The van der Waals surface area contributed by atoms with Gasteiger partial charge in [0.25, 0.3) is 0 Å². The highest BCUT2D eigenvalue weighted by Crippen LogP contribution is 2.27. The second kappa shape index (κ2) is 5.61. The summed E-state index contributed by atoms with van der Waals surface area (Å²) in [7, 11) is 0. The number of thiophene rings is 1. The van der Waals surface area contributed by atoms with E-state index in [1.807, 2.05) is 11.4 Å². The van der Waals surface area contributed by atoms with Crippen molar-refractivity contribution in [1.29, 1.82) is 0 Å². The molecule has 2 unspecified atom stereocenters. The maximum atomic E-state index is 11.1. The summed E-state index contributed by atoms with van der Waals surface area (Å²) in [6.45, 7) is 3.11. The summed E-state index contributed by atoms with van der Waals surface area (Å²) in [6, 6.07) is 3.12. The molecule has 0 aromatic carbocycles. The summed E-state index contributed by atoms with van der Waals surface area (Å²) in [4.78, 5) is 14.1. The van der Waals surface area contributed by atoms with Crippen molar-refractivity contribution < 1.29 is 9.90 Å². The van der Waals surface area contributed by atoms with Crippen molar-refractivity contribution in [2.24, 2.45) is 0 Å². The predicted molar refractivity (Wildman–Crippen MR) is 75.7 cm³/mol. The van der Waals surface area contributed by atoms with Crippen LogP contribution in [0.2, 0.25) is 0 Å². The van der Waals surface area contributed by atoms with Gasteiger partial charge in [-0.05, 0) is 42.8 Å². The Hall–Kier alpha value is -0.910. The van der Waals surface area contributed by atoms with Crippen molar-refractivity contribution in [2.45, 2.75) is 44.3 Å². The van der Waals surface area contributed by atoms with Crippen LogP contribution in [-0.4, -0.2) is 41.1 Å². The Kier molecular flexibility index (Phi) is 3.86. The second-order valence-electron chi connectivity index (χ2n) is 5.46. The van der Waals surface area contributed by atoms with E-state index < -0.39 is 5.97 Å². The summed E-state index contributed by atoms with van der Waals surface area (Å²) in [5, 5.41) is 14.6. The number of carboxylic acids is 1. The van der Waals surface area contributed by atoms with Crippen LogP contribution in [0, 0.1) is 0 Å². The average Bonchev–Trinajstić information content (AvgIpc) is 3.03. The maximum absolute atomic E-state index is 11.1. The van der Waals surface area contributed by atoms with Crippen LogP contribution in [0.3, 0.4) is 0 Å². The average molecular weight is 280 g/mol. The normalized spacial score (nSPS) is 27.4. The SMILES string of the molecule is O=C(O)c1sccc1CNC1CCN2CCCCC12. The quantitative estimate of drug-likeness (QED) is 0.887. The summed E-state index contributed by atoms with van der Waals surface area (Å²) in [6.07, 6.45) is 5.14. The standard InChI is InChI=1S/C14H20N2O2S/c17-14(18)13-10(5-8-19-13)9-15-11-4-7-16-6-2-1-3-12(11)16/h5,8,11-12,15H,1-4,6-7,9H2,(H,17,18). The molecule has 19 heavy (non-hydrogen) atoms. The van der Waals surface area contributed by atoms with Gasteiger partial charge in [0.05, 0.1) is 0 Å². The van der Waals surface area contributed by atoms with E-state index in [0.29, 0.717) is 23.5 Å².